The molecule has 0 aromatic carbocycles. The summed E-state index contributed by atoms with van der Waals surface area (Å²) in [6, 6.07) is 0. The van der Waals surface area contributed by atoms with Gasteiger partial charge in [0.05, 0.1) is 12.2 Å². The van der Waals surface area contributed by atoms with Gasteiger partial charge in [-0.25, -0.2) is 0 Å². The van der Waals surface area contributed by atoms with E-state index in [0.717, 1.165) is 13.2 Å². The molecule has 0 bridgehead atoms. The average molecular weight is 185 g/mol. The Morgan fingerprint density at radius 3 is 2.69 bits per heavy atom. The molecule has 1 saturated carbocycles. The molecule has 1 heterocycles. The predicted molar refractivity (Wildman–Crippen MR) is 50.3 cm³/mol. The van der Waals surface area contributed by atoms with Crippen LogP contribution in [0.3, 0.4) is 0 Å². The van der Waals surface area contributed by atoms with Crippen molar-refractivity contribution < 1.29 is 9.57 Å². The summed E-state index contributed by atoms with van der Waals surface area (Å²) in [6.07, 6.45) is 8.33. The number of hydrogen-bond donors (Lipinski definition) is 1. The molecule has 2 aliphatic rings. The Morgan fingerprint density at radius 2 is 2.00 bits per heavy atom. The number of rotatable bonds is 4. The van der Waals surface area contributed by atoms with Gasteiger partial charge < -0.3 is 4.74 Å². The summed E-state index contributed by atoms with van der Waals surface area (Å²) in [5, 5.41) is 0. The second-order valence-electron chi connectivity index (χ2n) is 4.01. The molecule has 2 rings (SSSR count). The molecule has 0 aromatic rings. The van der Waals surface area contributed by atoms with Crippen LogP contribution in [0.1, 0.15) is 38.5 Å². The third kappa shape index (κ3) is 2.93. The largest absolute Gasteiger partial charge is 0.377 e. The van der Waals surface area contributed by atoms with Crippen molar-refractivity contribution in [3.63, 3.8) is 0 Å². The van der Waals surface area contributed by atoms with Crippen LogP contribution in [0.2, 0.25) is 0 Å². The molecule has 76 valence electrons. The van der Waals surface area contributed by atoms with Crippen LogP contribution in [0.15, 0.2) is 0 Å². The molecule has 1 atom stereocenters. The van der Waals surface area contributed by atoms with Crippen molar-refractivity contribution in [1.29, 1.82) is 0 Å². The summed E-state index contributed by atoms with van der Waals surface area (Å²) >= 11 is 0. The number of hydrogen-bond acceptors (Lipinski definition) is 3. The molecular weight excluding hydrogens is 166 g/mol. The van der Waals surface area contributed by atoms with Gasteiger partial charge in [0.2, 0.25) is 0 Å². The Labute approximate surface area is 79.7 Å². The zero-order chi connectivity index (χ0) is 8.93. The van der Waals surface area contributed by atoms with Gasteiger partial charge in [0.15, 0.2) is 0 Å². The summed E-state index contributed by atoms with van der Waals surface area (Å²) in [6.45, 7) is 1.78. The summed E-state index contributed by atoms with van der Waals surface area (Å²) in [7, 11) is 0. The molecule has 1 saturated heterocycles. The van der Waals surface area contributed by atoms with E-state index in [0.29, 0.717) is 12.2 Å². The first-order chi connectivity index (χ1) is 6.45. The molecular formula is C10H19NO2. The molecule has 1 unspecified atom stereocenters. The quantitative estimate of drug-likeness (QED) is 0.675. The Morgan fingerprint density at radius 1 is 1.15 bits per heavy atom. The molecule has 3 heteroatoms. The van der Waals surface area contributed by atoms with Crippen LogP contribution in [0.25, 0.3) is 0 Å². The van der Waals surface area contributed by atoms with Crippen LogP contribution in [0.5, 0.6) is 0 Å². The van der Waals surface area contributed by atoms with Gasteiger partial charge in [-0.15, -0.1) is 0 Å². The highest BCUT2D eigenvalue weighted by molar-refractivity contribution is 4.68. The fourth-order valence-electron chi connectivity index (χ4n) is 2.07. The van der Waals surface area contributed by atoms with Crippen LogP contribution >= 0.6 is 0 Å². The summed E-state index contributed by atoms with van der Waals surface area (Å²) in [5.74, 6) is 0. The molecule has 1 N–H and O–H groups in total. The summed E-state index contributed by atoms with van der Waals surface area (Å²) < 4.78 is 5.48. The summed E-state index contributed by atoms with van der Waals surface area (Å²) in [4.78, 5) is 5.53. The van der Waals surface area contributed by atoms with E-state index in [1.165, 1.54) is 38.5 Å². The highest BCUT2D eigenvalue weighted by Crippen LogP contribution is 2.20. The minimum atomic E-state index is 0.390. The van der Waals surface area contributed by atoms with Gasteiger partial charge in [-0.1, -0.05) is 12.8 Å². The Balaban J connectivity index is 1.52. The van der Waals surface area contributed by atoms with E-state index >= 15 is 0 Å². The molecule has 1 aliphatic carbocycles. The van der Waals surface area contributed by atoms with Crippen molar-refractivity contribution in [2.45, 2.75) is 50.7 Å². The van der Waals surface area contributed by atoms with Gasteiger partial charge in [-0.3, -0.25) is 4.84 Å². The summed E-state index contributed by atoms with van der Waals surface area (Å²) in [5.41, 5.74) is 3.04. The van der Waals surface area contributed by atoms with Gasteiger partial charge in [0.1, 0.15) is 0 Å². The Bertz CT molecular complexity index is 124. The van der Waals surface area contributed by atoms with Crippen molar-refractivity contribution in [2.24, 2.45) is 0 Å². The molecule has 0 radical (unpaired) electrons. The third-order valence-electron chi connectivity index (χ3n) is 2.89. The van der Waals surface area contributed by atoms with E-state index < -0.39 is 0 Å². The SMILES string of the molecule is C1COC(CNOC2CCCC2)C1. The molecule has 0 aromatic heterocycles. The molecule has 13 heavy (non-hydrogen) atoms. The van der Waals surface area contributed by atoms with Gasteiger partial charge >= 0.3 is 0 Å². The maximum Gasteiger partial charge on any atom is 0.0790 e. The van der Waals surface area contributed by atoms with Crippen LogP contribution in [0, 0.1) is 0 Å². The number of nitrogens with one attached hydrogen (secondary N) is 1. The van der Waals surface area contributed by atoms with E-state index in [1.54, 1.807) is 0 Å². The maximum absolute atomic E-state index is 5.53. The first kappa shape index (κ1) is 9.44. The van der Waals surface area contributed by atoms with Crippen molar-refractivity contribution >= 4 is 0 Å². The van der Waals surface area contributed by atoms with E-state index in [9.17, 15) is 0 Å². The highest BCUT2D eigenvalue weighted by atomic mass is 16.7. The minimum absolute atomic E-state index is 0.390. The zero-order valence-corrected chi connectivity index (χ0v) is 8.13. The van der Waals surface area contributed by atoms with Gasteiger partial charge in [-0.2, -0.15) is 5.48 Å². The van der Waals surface area contributed by atoms with Crippen LogP contribution < -0.4 is 5.48 Å². The van der Waals surface area contributed by atoms with Gasteiger partial charge in [-0.05, 0) is 25.7 Å². The minimum Gasteiger partial charge on any atom is -0.377 e. The highest BCUT2D eigenvalue weighted by Gasteiger charge is 2.18. The van der Waals surface area contributed by atoms with E-state index in [4.69, 9.17) is 9.57 Å². The van der Waals surface area contributed by atoms with Gasteiger partial charge in [0, 0.05) is 13.2 Å². The number of hydroxylamine groups is 1. The molecule has 0 spiro atoms. The lowest BCUT2D eigenvalue weighted by Gasteiger charge is -2.14. The van der Waals surface area contributed by atoms with Crippen molar-refractivity contribution in [3.8, 4) is 0 Å². The second kappa shape index (κ2) is 4.94. The van der Waals surface area contributed by atoms with Gasteiger partial charge in [0.25, 0.3) is 0 Å². The Kier molecular flexibility index (Phi) is 3.58. The lowest BCUT2D eigenvalue weighted by molar-refractivity contribution is -0.0400. The zero-order valence-electron chi connectivity index (χ0n) is 8.13. The molecule has 1 aliphatic heterocycles. The lowest BCUT2D eigenvalue weighted by Crippen LogP contribution is -2.29. The van der Waals surface area contributed by atoms with E-state index in [2.05, 4.69) is 5.48 Å². The van der Waals surface area contributed by atoms with Crippen LogP contribution in [-0.2, 0) is 9.57 Å². The first-order valence-electron chi connectivity index (χ1n) is 5.45. The molecule has 0 amide bonds. The third-order valence-corrected chi connectivity index (χ3v) is 2.89. The lowest BCUT2D eigenvalue weighted by atomic mass is 10.2. The second-order valence-corrected chi connectivity index (χ2v) is 4.01. The fraction of sp³-hybridized carbons (Fsp3) is 1.00. The van der Waals surface area contributed by atoms with Crippen LogP contribution in [-0.4, -0.2) is 25.4 Å². The van der Waals surface area contributed by atoms with Crippen LogP contribution in [0.4, 0.5) is 0 Å². The molecule has 3 nitrogen and oxygen atoms in total. The topological polar surface area (TPSA) is 30.5 Å². The standard InChI is InChI=1S/C10H19NO2/c1-2-5-9(4-1)13-11-8-10-6-3-7-12-10/h9-11H,1-8H2. The Hall–Kier alpha value is -0.120. The van der Waals surface area contributed by atoms with E-state index in [-0.39, 0.29) is 0 Å². The molecule has 2 fully saturated rings. The smallest absolute Gasteiger partial charge is 0.0790 e. The van der Waals surface area contributed by atoms with Crippen molar-refractivity contribution in [1.82, 2.24) is 5.48 Å². The van der Waals surface area contributed by atoms with E-state index in [1.807, 2.05) is 0 Å². The normalized spacial score (nSPS) is 30.0. The predicted octanol–water partition coefficient (Wildman–Crippen LogP) is 1.63. The average Bonchev–Trinajstić information content (AvgIpc) is 2.75. The first-order valence-corrected chi connectivity index (χ1v) is 5.45. The fourth-order valence-corrected chi connectivity index (χ4v) is 2.07. The number of ether oxygens (including phenoxy) is 1. The van der Waals surface area contributed by atoms with Crippen molar-refractivity contribution in [2.75, 3.05) is 13.2 Å². The maximum atomic E-state index is 5.53. The monoisotopic (exact) mass is 185 g/mol. The van der Waals surface area contributed by atoms with Crippen molar-refractivity contribution in [3.05, 3.63) is 0 Å².